The molecule has 0 amide bonds. The standard InChI is InChI=1S/C25H26O5/c1-14-13-15(2)19-18(14)20-22(29-24(26)16-9-5-3-6-10-16)23(21(19)28-20)30-25(27)17-11-7-4-8-12-17/h3-12,14-15,18-23H,13H2,1-2H3. The van der Waals surface area contributed by atoms with Crippen LogP contribution in [0, 0.1) is 23.7 Å². The summed E-state index contributed by atoms with van der Waals surface area (Å²) in [7, 11) is 0. The van der Waals surface area contributed by atoms with Crippen molar-refractivity contribution in [3.05, 3.63) is 71.8 Å². The maximum Gasteiger partial charge on any atom is 0.338 e. The lowest BCUT2D eigenvalue weighted by Crippen LogP contribution is -2.51. The molecule has 8 unspecified atom stereocenters. The van der Waals surface area contributed by atoms with Crippen molar-refractivity contribution in [2.24, 2.45) is 23.7 Å². The van der Waals surface area contributed by atoms with Gasteiger partial charge in [-0.15, -0.1) is 0 Å². The number of hydrogen-bond acceptors (Lipinski definition) is 5. The van der Waals surface area contributed by atoms with Gasteiger partial charge in [0.2, 0.25) is 0 Å². The summed E-state index contributed by atoms with van der Waals surface area (Å²) in [6.07, 6.45) is -0.541. The Hall–Kier alpha value is -2.66. The van der Waals surface area contributed by atoms with Crippen molar-refractivity contribution in [2.75, 3.05) is 0 Å². The molecule has 30 heavy (non-hydrogen) atoms. The van der Waals surface area contributed by atoms with Crippen LogP contribution < -0.4 is 0 Å². The molecule has 0 N–H and O–H groups in total. The Balaban J connectivity index is 1.42. The Bertz CT molecular complexity index is 852. The summed E-state index contributed by atoms with van der Waals surface area (Å²) in [4.78, 5) is 25.6. The van der Waals surface area contributed by atoms with Gasteiger partial charge < -0.3 is 14.2 Å². The molecule has 5 nitrogen and oxygen atoms in total. The summed E-state index contributed by atoms with van der Waals surface area (Å²) in [5, 5.41) is 0. The summed E-state index contributed by atoms with van der Waals surface area (Å²) in [5.41, 5.74) is 0.968. The van der Waals surface area contributed by atoms with Crippen LogP contribution >= 0.6 is 0 Å². The molecule has 2 aliphatic heterocycles. The highest BCUT2D eigenvalue weighted by Gasteiger charge is 2.67. The first-order valence-corrected chi connectivity index (χ1v) is 10.7. The van der Waals surface area contributed by atoms with Crippen molar-refractivity contribution in [1.29, 1.82) is 0 Å². The molecule has 0 aromatic heterocycles. The molecule has 2 heterocycles. The fraction of sp³-hybridized carbons (Fsp3) is 0.440. The Kier molecular flexibility index (Phi) is 4.86. The Morgan fingerprint density at radius 3 is 1.53 bits per heavy atom. The summed E-state index contributed by atoms with van der Waals surface area (Å²) < 4.78 is 18.2. The maximum absolute atomic E-state index is 12.8. The molecule has 2 bridgehead atoms. The fourth-order valence-corrected chi connectivity index (χ4v) is 5.87. The van der Waals surface area contributed by atoms with E-state index in [-0.39, 0.29) is 12.2 Å². The van der Waals surface area contributed by atoms with Crippen LogP contribution in [0.4, 0.5) is 0 Å². The maximum atomic E-state index is 12.8. The van der Waals surface area contributed by atoms with Gasteiger partial charge in [0.05, 0.1) is 11.1 Å². The number of fused-ring (bicyclic) bond motifs is 5. The third kappa shape index (κ3) is 3.12. The van der Waals surface area contributed by atoms with E-state index in [4.69, 9.17) is 14.2 Å². The second-order valence-corrected chi connectivity index (χ2v) is 8.88. The molecule has 3 fully saturated rings. The Labute approximate surface area is 176 Å². The van der Waals surface area contributed by atoms with E-state index in [1.807, 2.05) is 12.1 Å². The van der Waals surface area contributed by atoms with Crippen molar-refractivity contribution < 1.29 is 23.8 Å². The van der Waals surface area contributed by atoms with Gasteiger partial charge in [0.15, 0.2) is 12.2 Å². The summed E-state index contributed by atoms with van der Waals surface area (Å²) in [5.74, 6) is 0.809. The van der Waals surface area contributed by atoms with Crippen LogP contribution in [0.2, 0.25) is 0 Å². The molecule has 1 saturated carbocycles. The van der Waals surface area contributed by atoms with Gasteiger partial charge in [-0.3, -0.25) is 0 Å². The van der Waals surface area contributed by atoms with E-state index in [9.17, 15) is 9.59 Å². The number of ether oxygens (including phenoxy) is 3. The zero-order valence-corrected chi connectivity index (χ0v) is 17.1. The van der Waals surface area contributed by atoms with Gasteiger partial charge in [0.1, 0.15) is 12.2 Å². The van der Waals surface area contributed by atoms with Crippen LogP contribution in [-0.2, 0) is 14.2 Å². The summed E-state index contributed by atoms with van der Waals surface area (Å²) >= 11 is 0. The Morgan fingerprint density at radius 2 is 1.13 bits per heavy atom. The molecule has 2 aromatic carbocycles. The number of esters is 2. The minimum atomic E-state index is -0.593. The molecule has 3 aliphatic rings. The topological polar surface area (TPSA) is 61.8 Å². The molecular formula is C25H26O5. The quantitative estimate of drug-likeness (QED) is 0.715. The van der Waals surface area contributed by atoms with Gasteiger partial charge in [0, 0.05) is 0 Å². The monoisotopic (exact) mass is 406 g/mol. The first-order valence-electron chi connectivity index (χ1n) is 10.7. The zero-order valence-electron chi connectivity index (χ0n) is 17.1. The summed E-state index contributed by atoms with van der Waals surface area (Å²) in [6, 6.07) is 17.8. The van der Waals surface area contributed by atoms with E-state index in [0.717, 1.165) is 6.42 Å². The van der Waals surface area contributed by atoms with Crippen LogP contribution in [0.5, 0.6) is 0 Å². The molecule has 8 atom stereocenters. The molecule has 0 radical (unpaired) electrons. The highest BCUT2D eigenvalue weighted by molar-refractivity contribution is 5.90. The van der Waals surface area contributed by atoms with Crippen molar-refractivity contribution in [2.45, 2.75) is 44.7 Å². The SMILES string of the molecule is CC1CC(C)C2C3OC(C(OC(=O)c4ccccc4)C3OC(=O)c3ccccc3)C12. The third-order valence-corrected chi connectivity index (χ3v) is 7.05. The normalized spacial score (nSPS) is 36.3. The van der Waals surface area contributed by atoms with Gasteiger partial charge >= 0.3 is 11.9 Å². The van der Waals surface area contributed by atoms with Gasteiger partial charge in [-0.1, -0.05) is 50.2 Å². The molecule has 0 spiro atoms. The van der Waals surface area contributed by atoms with Gasteiger partial charge in [-0.2, -0.15) is 0 Å². The average molecular weight is 406 g/mol. The highest BCUT2D eigenvalue weighted by Crippen LogP contribution is 2.57. The highest BCUT2D eigenvalue weighted by atomic mass is 16.6. The largest absolute Gasteiger partial charge is 0.452 e. The number of benzene rings is 2. The Morgan fingerprint density at radius 1 is 0.733 bits per heavy atom. The number of carbonyl (C=O) groups is 2. The van der Waals surface area contributed by atoms with Gasteiger partial charge in [0.25, 0.3) is 0 Å². The van der Waals surface area contributed by atoms with Crippen molar-refractivity contribution >= 4 is 11.9 Å². The molecule has 2 aromatic rings. The van der Waals surface area contributed by atoms with Crippen LogP contribution in [0.25, 0.3) is 0 Å². The lowest BCUT2D eigenvalue weighted by molar-refractivity contribution is -0.0590. The first kappa shape index (κ1) is 19.3. The molecule has 5 rings (SSSR count). The third-order valence-electron chi connectivity index (χ3n) is 7.05. The average Bonchev–Trinajstić information content (AvgIpc) is 3.41. The second-order valence-electron chi connectivity index (χ2n) is 8.88. The van der Waals surface area contributed by atoms with Crippen molar-refractivity contribution in [3.63, 3.8) is 0 Å². The first-order chi connectivity index (χ1) is 14.5. The number of hydrogen-bond donors (Lipinski definition) is 0. The van der Waals surface area contributed by atoms with Crippen molar-refractivity contribution in [1.82, 2.24) is 0 Å². The molecular weight excluding hydrogens is 380 g/mol. The molecule has 1 aliphatic carbocycles. The molecule has 2 saturated heterocycles. The smallest absolute Gasteiger partial charge is 0.338 e. The van der Waals surface area contributed by atoms with E-state index in [2.05, 4.69) is 13.8 Å². The van der Waals surface area contributed by atoms with E-state index >= 15 is 0 Å². The van der Waals surface area contributed by atoms with E-state index in [1.54, 1.807) is 48.5 Å². The van der Waals surface area contributed by atoms with Gasteiger partial charge in [-0.25, -0.2) is 9.59 Å². The summed E-state index contributed by atoms with van der Waals surface area (Å²) in [6.45, 7) is 4.48. The van der Waals surface area contributed by atoms with Crippen LogP contribution in [0.3, 0.4) is 0 Å². The second kappa shape index (κ2) is 7.55. The predicted octanol–water partition coefficient (Wildman–Crippen LogP) is 4.13. The zero-order chi connectivity index (χ0) is 20.8. The lowest BCUT2D eigenvalue weighted by Gasteiger charge is -2.36. The minimum Gasteiger partial charge on any atom is -0.452 e. The van der Waals surface area contributed by atoms with Crippen molar-refractivity contribution in [3.8, 4) is 0 Å². The van der Waals surface area contributed by atoms with Crippen LogP contribution in [0.15, 0.2) is 60.7 Å². The lowest BCUT2D eigenvalue weighted by atomic mass is 9.74. The van der Waals surface area contributed by atoms with E-state index in [0.29, 0.717) is 34.8 Å². The minimum absolute atomic E-state index is 0.235. The number of rotatable bonds is 4. The van der Waals surface area contributed by atoms with Crippen LogP contribution in [-0.4, -0.2) is 36.4 Å². The predicted molar refractivity (Wildman–Crippen MR) is 110 cm³/mol. The van der Waals surface area contributed by atoms with Crippen LogP contribution in [0.1, 0.15) is 41.0 Å². The van der Waals surface area contributed by atoms with Gasteiger partial charge in [-0.05, 0) is 54.4 Å². The molecule has 156 valence electrons. The fourth-order valence-electron chi connectivity index (χ4n) is 5.87. The van der Waals surface area contributed by atoms with E-state index < -0.39 is 24.1 Å². The number of carbonyl (C=O) groups excluding carboxylic acids is 2. The molecule has 5 heteroatoms. The van der Waals surface area contributed by atoms with E-state index in [1.165, 1.54) is 0 Å².